The zero-order valence-corrected chi connectivity index (χ0v) is 15.2. The third-order valence-corrected chi connectivity index (χ3v) is 5.48. The van der Waals surface area contributed by atoms with Gasteiger partial charge in [-0.25, -0.2) is 0 Å². The summed E-state index contributed by atoms with van der Waals surface area (Å²) in [4.78, 5) is 19.2. The molecule has 0 spiro atoms. The Morgan fingerprint density at radius 3 is 2.62 bits per heavy atom. The van der Waals surface area contributed by atoms with Gasteiger partial charge in [0.25, 0.3) is 5.91 Å². The average molecular weight is 338 g/mol. The fourth-order valence-electron chi connectivity index (χ4n) is 2.68. The molecular formula is C20H22N2OS. The van der Waals surface area contributed by atoms with Gasteiger partial charge in [0.1, 0.15) is 0 Å². The molecule has 0 saturated heterocycles. The standard InChI is InChI=1S/C20H22N2OS/c1-14-8-9-17(12-16(14)3)19(23)22-11-10-21-20(22)24-13-18-7-5-4-6-15(18)2/h4-9,12H,10-11,13H2,1-3H3. The summed E-state index contributed by atoms with van der Waals surface area (Å²) >= 11 is 1.64. The molecule has 1 aliphatic heterocycles. The number of aliphatic imine (C=N–C) groups is 1. The summed E-state index contributed by atoms with van der Waals surface area (Å²) in [5.74, 6) is 0.883. The van der Waals surface area contributed by atoms with Gasteiger partial charge in [-0.2, -0.15) is 0 Å². The van der Waals surface area contributed by atoms with E-state index in [1.165, 1.54) is 16.7 Å². The van der Waals surface area contributed by atoms with Crippen molar-refractivity contribution in [1.82, 2.24) is 4.90 Å². The minimum absolute atomic E-state index is 0.0478. The maximum Gasteiger partial charge on any atom is 0.259 e. The van der Waals surface area contributed by atoms with Crippen LogP contribution < -0.4 is 0 Å². The molecule has 1 heterocycles. The normalized spacial score (nSPS) is 14.0. The van der Waals surface area contributed by atoms with E-state index in [2.05, 4.69) is 37.0 Å². The lowest BCUT2D eigenvalue weighted by atomic mass is 10.1. The van der Waals surface area contributed by atoms with Gasteiger partial charge in [-0.1, -0.05) is 42.1 Å². The summed E-state index contributed by atoms with van der Waals surface area (Å²) in [5, 5.41) is 0.835. The van der Waals surface area contributed by atoms with E-state index < -0.39 is 0 Å². The summed E-state index contributed by atoms with van der Waals surface area (Å²) in [6.07, 6.45) is 0. The quantitative estimate of drug-likeness (QED) is 0.833. The number of hydrogen-bond acceptors (Lipinski definition) is 3. The van der Waals surface area contributed by atoms with Crippen LogP contribution in [0.2, 0.25) is 0 Å². The smallest absolute Gasteiger partial charge is 0.259 e. The minimum atomic E-state index is 0.0478. The largest absolute Gasteiger partial charge is 0.286 e. The Kier molecular flexibility index (Phi) is 5.05. The van der Waals surface area contributed by atoms with E-state index in [0.717, 1.165) is 22.0 Å². The van der Waals surface area contributed by atoms with Crippen LogP contribution in [0.15, 0.2) is 47.5 Å². The summed E-state index contributed by atoms with van der Waals surface area (Å²) in [7, 11) is 0. The number of rotatable bonds is 3. The summed E-state index contributed by atoms with van der Waals surface area (Å²) in [6, 6.07) is 14.2. The van der Waals surface area contributed by atoms with E-state index >= 15 is 0 Å². The van der Waals surface area contributed by atoms with Crippen molar-refractivity contribution >= 4 is 22.8 Å². The average Bonchev–Trinajstić information content (AvgIpc) is 3.04. The van der Waals surface area contributed by atoms with E-state index in [4.69, 9.17) is 0 Å². The van der Waals surface area contributed by atoms with Crippen molar-refractivity contribution in [3.05, 3.63) is 70.3 Å². The zero-order valence-electron chi connectivity index (χ0n) is 14.4. The van der Waals surface area contributed by atoms with Crippen molar-refractivity contribution in [2.45, 2.75) is 26.5 Å². The Morgan fingerprint density at radius 2 is 1.88 bits per heavy atom. The molecule has 0 unspecified atom stereocenters. The van der Waals surface area contributed by atoms with E-state index in [-0.39, 0.29) is 5.91 Å². The lowest BCUT2D eigenvalue weighted by Crippen LogP contribution is -2.32. The number of amidine groups is 1. The van der Waals surface area contributed by atoms with Gasteiger partial charge in [-0.3, -0.25) is 14.7 Å². The van der Waals surface area contributed by atoms with Gasteiger partial charge >= 0.3 is 0 Å². The van der Waals surface area contributed by atoms with Crippen LogP contribution in [0.4, 0.5) is 0 Å². The molecule has 0 fully saturated rings. The first-order valence-electron chi connectivity index (χ1n) is 8.17. The molecule has 24 heavy (non-hydrogen) atoms. The Morgan fingerprint density at radius 1 is 1.08 bits per heavy atom. The first-order chi connectivity index (χ1) is 11.6. The van der Waals surface area contributed by atoms with Crippen LogP contribution in [0.3, 0.4) is 0 Å². The van der Waals surface area contributed by atoms with Crippen LogP contribution in [0.1, 0.15) is 32.6 Å². The maximum absolute atomic E-state index is 12.8. The Balaban J connectivity index is 1.72. The van der Waals surface area contributed by atoms with Crippen LogP contribution in [-0.4, -0.2) is 29.1 Å². The van der Waals surface area contributed by atoms with Crippen molar-refractivity contribution in [1.29, 1.82) is 0 Å². The predicted molar refractivity (Wildman–Crippen MR) is 102 cm³/mol. The first kappa shape index (κ1) is 16.8. The highest BCUT2D eigenvalue weighted by Crippen LogP contribution is 2.23. The molecule has 2 aromatic rings. The van der Waals surface area contributed by atoms with Gasteiger partial charge < -0.3 is 0 Å². The van der Waals surface area contributed by atoms with Gasteiger partial charge in [0.2, 0.25) is 0 Å². The molecule has 124 valence electrons. The Hall–Kier alpha value is -2.07. The number of benzene rings is 2. The van der Waals surface area contributed by atoms with Gasteiger partial charge in [-0.15, -0.1) is 0 Å². The highest BCUT2D eigenvalue weighted by molar-refractivity contribution is 8.13. The lowest BCUT2D eigenvalue weighted by molar-refractivity contribution is 0.0860. The molecule has 2 aromatic carbocycles. The van der Waals surface area contributed by atoms with Crippen LogP contribution in [0.5, 0.6) is 0 Å². The predicted octanol–water partition coefficient (Wildman–Crippen LogP) is 4.36. The van der Waals surface area contributed by atoms with Crippen molar-refractivity contribution < 1.29 is 4.79 Å². The molecule has 0 N–H and O–H groups in total. The fraction of sp³-hybridized carbons (Fsp3) is 0.300. The van der Waals surface area contributed by atoms with Gasteiger partial charge in [-0.05, 0) is 55.2 Å². The Labute approximate surface area is 147 Å². The van der Waals surface area contributed by atoms with E-state index in [0.29, 0.717) is 13.1 Å². The van der Waals surface area contributed by atoms with Gasteiger partial charge in [0.15, 0.2) is 5.17 Å². The number of carbonyl (C=O) groups is 1. The monoisotopic (exact) mass is 338 g/mol. The summed E-state index contributed by atoms with van der Waals surface area (Å²) in [5.41, 5.74) is 5.65. The van der Waals surface area contributed by atoms with E-state index in [1.54, 1.807) is 11.8 Å². The second-order valence-corrected chi connectivity index (χ2v) is 7.08. The minimum Gasteiger partial charge on any atom is -0.286 e. The van der Waals surface area contributed by atoms with Crippen LogP contribution >= 0.6 is 11.8 Å². The first-order valence-corrected chi connectivity index (χ1v) is 9.15. The SMILES string of the molecule is Cc1ccc(C(=O)N2CCN=C2SCc2ccccc2C)cc1C. The molecule has 3 rings (SSSR count). The topological polar surface area (TPSA) is 32.7 Å². The van der Waals surface area contributed by atoms with Crippen molar-refractivity contribution in [3.8, 4) is 0 Å². The molecule has 4 heteroatoms. The van der Waals surface area contributed by atoms with Gasteiger partial charge in [0, 0.05) is 17.9 Å². The van der Waals surface area contributed by atoms with Gasteiger partial charge in [0.05, 0.1) is 6.54 Å². The number of carbonyl (C=O) groups excluding carboxylic acids is 1. The number of nitrogens with zero attached hydrogens (tertiary/aromatic N) is 2. The van der Waals surface area contributed by atoms with Crippen LogP contribution in [0.25, 0.3) is 0 Å². The number of aryl methyl sites for hydroxylation is 3. The van der Waals surface area contributed by atoms with E-state index in [1.807, 2.05) is 36.1 Å². The molecule has 3 nitrogen and oxygen atoms in total. The number of amides is 1. The maximum atomic E-state index is 12.8. The summed E-state index contributed by atoms with van der Waals surface area (Å²) < 4.78 is 0. The molecule has 0 saturated carbocycles. The van der Waals surface area contributed by atoms with Crippen molar-refractivity contribution in [3.63, 3.8) is 0 Å². The fourth-order valence-corrected chi connectivity index (χ4v) is 3.80. The van der Waals surface area contributed by atoms with Crippen LogP contribution in [-0.2, 0) is 5.75 Å². The summed E-state index contributed by atoms with van der Waals surface area (Å²) in [6.45, 7) is 7.57. The molecule has 0 bridgehead atoms. The highest BCUT2D eigenvalue weighted by Gasteiger charge is 2.25. The van der Waals surface area contributed by atoms with Crippen molar-refractivity contribution in [2.75, 3.05) is 13.1 Å². The number of thioether (sulfide) groups is 1. The third kappa shape index (κ3) is 3.54. The molecule has 0 aromatic heterocycles. The van der Waals surface area contributed by atoms with Crippen molar-refractivity contribution in [2.24, 2.45) is 4.99 Å². The third-order valence-electron chi connectivity index (χ3n) is 4.42. The van der Waals surface area contributed by atoms with Crippen LogP contribution in [0, 0.1) is 20.8 Å². The molecule has 1 aliphatic rings. The second-order valence-electron chi connectivity index (χ2n) is 6.14. The highest BCUT2D eigenvalue weighted by atomic mass is 32.2. The Bertz CT molecular complexity index is 798. The molecule has 0 aliphatic carbocycles. The molecule has 0 atom stereocenters. The molecular weight excluding hydrogens is 316 g/mol. The zero-order chi connectivity index (χ0) is 17.1. The molecule has 0 radical (unpaired) electrons. The van der Waals surface area contributed by atoms with E-state index in [9.17, 15) is 4.79 Å². The lowest BCUT2D eigenvalue weighted by Gasteiger charge is -2.18. The molecule has 1 amide bonds. The second kappa shape index (κ2) is 7.22. The number of hydrogen-bond donors (Lipinski definition) is 0.